The van der Waals surface area contributed by atoms with E-state index in [4.69, 9.17) is 5.73 Å². The summed E-state index contributed by atoms with van der Waals surface area (Å²) in [7, 11) is 0. The topological polar surface area (TPSA) is 26.0 Å². The molecule has 2 aromatic rings. The van der Waals surface area contributed by atoms with E-state index in [0.717, 1.165) is 24.9 Å². The lowest BCUT2D eigenvalue weighted by molar-refractivity contribution is 0.724. The molecular weight excluding hydrogens is 278 g/mol. The summed E-state index contributed by atoms with van der Waals surface area (Å²) < 4.78 is 0. The minimum atomic E-state index is 0.543. The van der Waals surface area contributed by atoms with Crippen molar-refractivity contribution in [2.24, 2.45) is 5.92 Å². The van der Waals surface area contributed by atoms with Gasteiger partial charge in [0.15, 0.2) is 0 Å². The summed E-state index contributed by atoms with van der Waals surface area (Å²) in [6.45, 7) is 12.0. The van der Waals surface area contributed by atoms with Crippen molar-refractivity contribution >= 4 is 5.69 Å². The van der Waals surface area contributed by atoms with Gasteiger partial charge in [-0.25, -0.2) is 0 Å². The van der Waals surface area contributed by atoms with E-state index < -0.39 is 0 Å². The first-order valence-electron chi connectivity index (χ1n) is 8.22. The number of rotatable bonds is 7. The summed E-state index contributed by atoms with van der Waals surface area (Å²) >= 11 is 0. The second-order valence-electron chi connectivity index (χ2n) is 5.83. The zero-order chi connectivity index (χ0) is 17.1. The highest BCUT2D eigenvalue weighted by atomic mass is 14.5. The van der Waals surface area contributed by atoms with Crippen LogP contribution in [0.15, 0.2) is 74.3 Å². The van der Waals surface area contributed by atoms with E-state index in [1.54, 1.807) is 0 Å². The highest BCUT2D eigenvalue weighted by Gasteiger charge is 2.00. The summed E-state index contributed by atoms with van der Waals surface area (Å²) in [6.07, 6.45) is 6.50. The predicted molar refractivity (Wildman–Crippen MR) is 104 cm³/mol. The van der Waals surface area contributed by atoms with Gasteiger partial charge < -0.3 is 5.73 Å². The number of nitrogen functional groups attached to an aromatic ring is 1. The Labute approximate surface area is 141 Å². The van der Waals surface area contributed by atoms with E-state index in [2.05, 4.69) is 63.1 Å². The molecule has 1 nitrogen and oxygen atoms in total. The molecule has 0 spiro atoms. The quantitative estimate of drug-likeness (QED) is 0.522. The van der Waals surface area contributed by atoms with Crippen LogP contribution in [-0.4, -0.2) is 0 Å². The van der Waals surface area contributed by atoms with Crippen LogP contribution in [0.2, 0.25) is 0 Å². The van der Waals surface area contributed by atoms with Gasteiger partial charge in [-0.2, -0.15) is 0 Å². The van der Waals surface area contributed by atoms with Gasteiger partial charge in [0.1, 0.15) is 0 Å². The van der Waals surface area contributed by atoms with Crippen LogP contribution in [0.4, 0.5) is 5.69 Å². The number of benzene rings is 2. The van der Waals surface area contributed by atoms with Gasteiger partial charge in [-0.15, -0.1) is 19.7 Å². The van der Waals surface area contributed by atoms with Crippen molar-refractivity contribution < 1.29 is 0 Å². The Morgan fingerprint density at radius 1 is 0.870 bits per heavy atom. The Bertz CT molecular complexity index is 566. The van der Waals surface area contributed by atoms with Crippen molar-refractivity contribution in [3.8, 4) is 0 Å². The fourth-order valence-corrected chi connectivity index (χ4v) is 2.48. The van der Waals surface area contributed by atoms with E-state index in [1.807, 2.05) is 18.2 Å². The summed E-state index contributed by atoms with van der Waals surface area (Å²) in [4.78, 5) is 0. The van der Waals surface area contributed by atoms with Gasteiger partial charge in [-0.1, -0.05) is 49.4 Å². The maximum Gasteiger partial charge on any atom is 0.0314 e. The SMILES string of the molecule is C=C.C=CC(C)Cc1ccc(CCCc2ccc(N)cc2)cc1. The molecule has 0 aliphatic heterocycles. The third-order valence-electron chi connectivity index (χ3n) is 3.89. The van der Waals surface area contributed by atoms with Gasteiger partial charge in [-0.05, 0) is 60.4 Å². The summed E-state index contributed by atoms with van der Waals surface area (Å²) in [5, 5.41) is 0. The Morgan fingerprint density at radius 3 is 1.78 bits per heavy atom. The van der Waals surface area contributed by atoms with Crippen molar-refractivity contribution in [1.82, 2.24) is 0 Å². The number of hydrogen-bond donors (Lipinski definition) is 1. The molecule has 0 radical (unpaired) electrons. The molecule has 0 aromatic heterocycles. The molecule has 23 heavy (non-hydrogen) atoms. The number of hydrogen-bond acceptors (Lipinski definition) is 1. The van der Waals surface area contributed by atoms with Crippen LogP contribution in [0.3, 0.4) is 0 Å². The minimum absolute atomic E-state index is 0.543. The van der Waals surface area contributed by atoms with Crippen molar-refractivity contribution in [2.45, 2.75) is 32.6 Å². The largest absolute Gasteiger partial charge is 0.399 e. The Kier molecular flexibility index (Phi) is 8.52. The highest BCUT2D eigenvalue weighted by Crippen LogP contribution is 2.14. The lowest BCUT2D eigenvalue weighted by Crippen LogP contribution is -1.96. The molecule has 0 fully saturated rings. The van der Waals surface area contributed by atoms with E-state index in [0.29, 0.717) is 5.92 Å². The highest BCUT2D eigenvalue weighted by molar-refractivity contribution is 5.39. The second-order valence-corrected chi connectivity index (χ2v) is 5.83. The molecule has 1 heteroatoms. The lowest BCUT2D eigenvalue weighted by Gasteiger charge is -2.07. The first-order valence-corrected chi connectivity index (χ1v) is 8.22. The van der Waals surface area contributed by atoms with Gasteiger partial charge in [0, 0.05) is 5.69 Å². The molecule has 1 unspecified atom stereocenters. The summed E-state index contributed by atoms with van der Waals surface area (Å²) in [5.41, 5.74) is 10.7. The smallest absolute Gasteiger partial charge is 0.0314 e. The van der Waals surface area contributed by atoms with Crippen LogP contribution in [0.25, 0.3) is 0 Å². The molecule has 0 aliphatic rings. The predicted octanol–water partition coefficient (Wildman–Crippen LogP) is 5.61. The van der Waals surface area contributed by atoms with Crippen LogP contribution >= 0.6 is 0 Å². The first kappa shape index (κ1) is 18.8. The number of allylic oxidation sites excluding steroid dienone is 1. The second kappa shape index (κ2) is 10.4. The van der Waals surface area contributed by atoms with Gasteiger partial charge >= 0.3 is 0 Å². The van der Waals surface area contributed by atoms with Gasteiger partial charge in [-0.3, -0.25) is 0 Å². The molecule has 122 valence electrons. The van der Waals surface area contributed by atoms with E-state index >= 15 is 0 Å². The monoisotopic (exact) mass is 307 g/mol. The standard InChI is InChI=1S/C20H25N.C2H4/c1-3-16(2)15-19-9-7-17(8-10-19)5-4-6-18-11-13-20(21)14-12-18;1-2/h3,7-14,16H,1,4-6,15,21H2,2H3;1-2H2. The number of nitrogens with two attached hydrogens (primary N) is 1. The van der Waals surface area contributed by atoms with Crippen LogP contribution in [0.5, 0.6) is 0 Å². The number of aryl methyl sites for hydroxylation is 2. The molecule has 2 aromatic carbocycles. The number of anilines is 1. The maximum atomic E-state index is 5.70. The van der Waals surface area contributed by atoms with E-state index in [1.165, 1.54) is 23.1 Å². The average Bonchev–Trinajstić information content (AvgIpc) is 2.60. The summed E-state index contributed by atoms with van der Waals surface area (Å²) in [6, 6.07) is 17.2. The van der Waals surface area contributed by atoms with Gasteiger partial charge in [0.05, 0.1) is 0 Å². The third-order valence-corrected chi connectivity index (χ3v) is 3.89. The molecule has 0 saturated carbocycles. The van der Waals surface area contributed by atoms with Gasteiger partial charge in [0.25, 0.3) is 0 Å². The van der Waals surface area contributed by atoms with Crippen molar-refractivity contribution in [3.63, 3.8) is 0 Å². The Balaban J connectivity index is 0.00000127. The van der Waals surface area contributed by atoms with Crippen LogP contribution < -0.4 is 5.73 Å². The van der Waals surface area contributed by atoms with Crippen LogP contribution in [0, 0.1) is 5.92 Å². The molecule has 0 bridgehead atoms. The van der Waals surface area contributed by atoms with Crippen molar-refractivity contribution in [1.29, 1.82) is 0 Å². The molecule has 0 aliphatic carbocycles. The lowest BCUT2D eigenvalue weighted by atomic mass is 9.98. The normalized spacial score (nSPS) is 11.2. The molecule has 1 atom stereocenters. The zero-order valence-corrected chi connectivity index (χ0v) is 14.3. The molecular formula is C22H29N. The Morgan fingerprint density at radius 2 is 1.30 bits per heavy atom. The molecule has 2 rings (SSSR count). The molecule has 0 amide bonds. The van der Waals surface area contributed by atoms with Crippen molar-refractivity contribution in [2.75, 3.05) is 5.73 Å². The Hall–Kier alpha value is -2.28. The molecule has 0 heterocycles. The third kappa shape index (κ3) is 7.01. The zero-order valence-electron chi connectivity index (χ0n) is 14.3. The van der Waals surface area contributed by atoms with Gasteiger partial charge in [0.2, 0.25) is 0 Å². The van der Waals surface area contributed by atoms with Crippen LogP contribution in [-0.2, 0) is 19.3 Å². The fourth-order valence-electron chi connectivity index (χ4n) is 2.48. The van der Waals surface area contributed by atoms with E-state index in [-0.39, 0.29) is 0 Å². The first-order chi connectivity index (χ1) is 11.2. The average molecular weight is 307 g/mol. The summed E-state index contributed by atoms with van der Waals surface area (Å²) in [5.74, 6) is 0.543. The van der Waals surface area contributed by atoms with Crippen molar-refractivity contribution in [3.05, 3.63) is 91.0 Å². The molecule has 2 N–H and O–H groups in total. The maximum absolute atomic E-state index is 5.70. The van der Waals surface area contributed by atoms with E-state index in [9.17, 15) is 0 Å². The minimum Gasteiger partial charge on any atom is -0.399 e. The fraction of sp³-hybridized carbons (Fsp3) is 0.273. The molecule has 0 saturated heterocycles. The van der Waals surface area contributed by atoms with Crippen LogP contribution in [0.1, 0.15) is 30.0 Å².